The van der Waals surface area contributed by atoms with Crippen LogP contribution in [0.2, 0.25) is 5.15 Å². The van der Waals surface area contributed by atoms with Crippen molar-refractivity contribution >= 4 is 35.0 Å². The van der Waals surface area contributed by atoms with Gasteiger partial charge in [-0.1, -0.05) is 11.6 Å². The minimum Gasteiger partial charge on any atom is -0.224 e. The van der Waals surface area contributed by atoms with E-state index >= 15 is 0 Å². The quantitative estimate of drug-likeness (QED) is 0.694. The maximum absolute atomic E-state index is 13.0. The zero-order valence-electron chi connectivity index (χ0n) is 6.04. The van der Waals surface area contributed by atoms with Gasteiger partial charge in [0.25, 0.3) is 0 Å². The zero-order valence-corrected chi connectivity index (χ0v) is 7.61. The van der Waals surface area contributed by atoms with Crippen LogP contribution in [0.5, 0.6) is 0 Å². The molecule has 0 atom stereocenters. The van der Waals surface area contributed by atoms with Gasteiger partial charge in [-0.3, -0.25) is 0 Å². The molecule has 13 heavy (non-hydrogen) atoms. The Hall–Kier alpha value is -0.880. The summed E-state index contributed by atoms with van der Waals surface area (Å²) in [4.78, 5) is 7.34. The van der Waals surface area contributed by atoms with Crippen LogP contribution in [0.4, 0.5) is 8.28 Å². The highest BCUT2D eigenvalue weighted by atomic mass is 35.5. The smallest absolute Gasteiger partial charge is 0.208 e. The third-order valence-electron chi connectivity index (χ3n) is 1.53. The van der Waals surface area contributed by atoms with E-state index in [0.29, 0.717) is 9.36 Å². The Kier molecular flexibility index (Phi) is 2.09. The van der Waals surface area contributed by atoms with Gasteiger partial charge in [0, 0.05) is 6.07 Å². The van der Waals surface area contributed by atoms with Gasteiger partial charge in [0.05, 0.1) is 5.39 Å². The Morgan fingerprint density at radius 1 is 1.46 bits per heavy atom. The molecule has 0 spiro atoms. The summed E-state index contributed by atoms with van der Waals surface area (Å²) in [5.74, 6) is -0.745. The van der Waals surface area contributed by atoms with Crippen LogP contribution in [-0.2, 0) is 0 Å². The molecule has 68 valence electrons. The largest absolute Gasteiger partial charge is 0.224 e. The van der Waals surface area contributed by atoms with E-state index in [1.54, 1.807) is 0 Å². The Labute approximate surface area is 81.2 Å². The molecule has 0 aliphatic carbocycles. The van der Waals surface area contributed by atoms with Crippen LogP contribution in [0.25, 0.3) is 11.0 Å². The topological polar surface area (TPSA) is 30.7 Å². The van der Waals surface area contributed by atoms with E-state index in [9.17, 15) is 8.28 Å². The van der Waals surface area contributed by atoms with Gasteiger partial charge >= 0.3 is 0 Å². The van der Waals surface area contributed by atoms with Gasteiger partial charge in [0.2, 0.25) is 5.95 Å². The lowest BCUT2D eigenvalue weighted by molar-refractivity contribution is 0.580. The summed E-state index contributed by atoms with van der Waals surface area (Å²) in [7, 11) is 0. The molecule has 0 N–H and O–H groups in total. The molecular formula is C6H2ClF2N3S. The minimum absolute atomic E-state index is 0.108. The van der Waals surface area contributed by atoms with E-state index in [-0.39, 0.29) is 23.1 Å². The fourth-order valence-corrected chi connectivity index (χ4v) is 1.51. The van der Waals surface area contributed by atoms with Gasteiger partial charge in [0.1, 0.15) is 11.5 Å². The number of halogens is 3. The van der Waals surface area contributed by atoms with Crippen LogP contribution in [0.15, 0.2) is 12.4 Å². The van der Waals surface area contributed by atoms with Crippen LogP contribution >= 0.6 is 23.9 Å². The highest BCUT2D eigenvalue weighted by Gasteiger charge is 2.13. The van der Waals surface area contributed by atoms with Gasteiger partial charge in [-0.05, 0) is 0 Å². The number of rotatable bonds is 1. The number of hydrogen-bond donors (Lipinski definition) is 0. The molecule has 0 saturated heterocycles. The first-order valence-corrected chi connectivity index (χ1v) is 4.25. The highest BCUT2D eigenvalue weighted by Crippen LogP contribution is 2.26. The fraction of sp³-hybridized carbons (Fsp3) is 0. The van der Waals surface area contributed by atoms with Crippen molar-refractivity contribution in [1.29, 1.82) is 0 Å². The van der Waals surface area contributed by atoms with Gasteiger partial charge in [-0.25, -0.2) is 13.9 Å². The van der Waals surface area contributed by atoms with Gasteiger partial charge in [0.15, 0.2) is 18.0 Å². The molecule has 0 radical (unpaired) electrons. The molecule has 0 saturated carbocycles. The molecule has 2 aromatic heterocycles. The Balaban J connectivity index is 2.86. The molecule has 0 aliphatic rings. The van der Waals surface area contributed by atoms with Crippen molar-refractivity contribution in [3.8, 4) is 0 Å². The Bertz CT molecular complexity index is 458. The molecule has 2 rings (SSSR count). The Morgan fingerprint density at radius 2 is 2.23 bits per heavy atom. The lowest BCUT2D eigenvalue weighted by Crippen LogP contribution is -1.89. The predicted octanol–water partition coefficient (Wildman–Crippen LogP) is 2.60. The first-order valence-electron chi connectivity index (χ1n) is 3.20. The molecule has 0 unspecified atom stereocenters. The molecule has 2 aromatic rings. The molecular weight excluding hydrogens is 220 g/mol. The van der Waals surface area contributed by atoms with E-state index in [0.717, 1.165) is 12.4 Å². The second-order valence-electron chi connectivity index (χ2n) is 2.23. The van der Waals surface area contributed by atoms with Crippen molar-refractivity contribution in [2.24, 2.45) is 0 Å². The minimum atomic E-state index is -0.745. The maximum Gasteiger partial charge on any atom is 0.208 e. The van der Waals surface area contributed by atoms with Crippen molar-refractivity contribution < 1.29 is 8.28 Å². The van der Waals surface area contributed by atoms with Crippen molar-refractivity contribution in [3.05, 3.63) is 23.5 Å². The molecule has 2 heterocycles. The normalized spacial score (nSPS) is 11.0. The number of aromatic nitrogens is 3. The van der Waals surface area contributed by atoms with E-state index < -0.39 is 5.95 Å². The predicted molar refractivity (Wildman–Crippen MR) is 46.6 cm³/mol. The van der Waals surface area contributed by atoms with E-state index in [1.165, 1.54) is 0 Å². The third kappa shape index (κ3) is 1.26. The summed E-state index contributed by atoms with van der Waals surface area (Å²) in [5, 5.41) is 0.406. The van der Waals surface area contributed by atoms with Gasteiger partial charge in [-0.15, -0.1) is 3.89 Å². The molecule has 0 aliphatic heterocycles. The number of hydrogen-bond acceptors (Lipinski definition) is 3. The molecule has 7 heteroatoms. The van der Waals surface area contributed by atoms with E-state index in [4.69, 9.17) is 11.6 Å². The van der Waals surface area contributed by atoms with Crippen LogP contribution in [0, 0.1) is 5.95 Å². The summed E-state index contributed by atoms with van der Waals surface area (Å²) in [6, 6.07) is 1.09. The van der Waals surface area contributed by atoms with Crippen molar-refractivity contribution in [2.45, 2.75) is 0 Å². The van der Waals surface area contributed by atoms with Gasteiger partial charge < -0.3 is 0 Å². The Morgan fingerprint density at radius 3 is 2.92 bits per heavy atom. The summed E-state index contributed by atoms with van der Waals surface area (Å²) in [6.45, 7) is 0. The first kappa shape index (κ1) is 8.71. The monoisotopic (exact) mass is 221 g/mol. The third-order valence-corrected chi connectivity index (χ3v) is 2.32. The summed E-state index contributed by atoms with van der Waals surface area (Å²) in [5.41, 5.74) is 0.130. The molecule has 0 amide bonds. The summed E-state index contributed by atoms with van der Waals surface area (Å²) >= 11 is 5.37. The summed E-state index contributed by atoms with van der Waals surface area (Å²) in [6.07, 6.45) is 1.15. The summed E-state index contributed by atoms with van der Waals surface area (Å²) < 4.78 is 25.9. The second-order valence-corrected chi connectivity index (χ2v) is 3.09. The zero-order chi connectivity index (χ0) is 9.42. The lowest BCUT2D eigenvalue weighted by Gasteiger charge is -1.94. The number of fused-ring (bicyclic) bond motifs is 1. The van der Waals surface area contributed by atoms with Crippen LogP contribution < -0.4 is 0 Å². The lowest BCUT2D eigenvalue weighted by atomic mass is 10.4. The average molecular weight is 222 g/mol. The van der Waals surface area contributed by atoms with Crippen LogP contribution in [-0.4, -0.2) is 13.9 Å². The van der Waals surface area contributed by atoms with Crippen LogP contribution in [0.1, 0.15) is 0 Å². The van der Waals surface area contributed by atoms with E-state index in [2.05, 4.69) is 9.97 Å². The first-order chi connectivity index (χ1) is 6.24. The van der Waals surface area contributed by atoms with Crippen molar-refractivity contribution in [2.75, 3.05) is 0 Å². The molecule has 0 aromatic carbocycles. The maximum atomic E-state index is 13.0. The molecule has 0 fully saturated rings. The molecule has 3 nitrogen and oxygen atoms in total. The second kappa shape index (κ2) is 3.12. The standard InChI is InChI=1S/C6H2ClF2N3S/c7-5-3-1-4(8)12(13-9)6(3)11-2-10-5/h1-2H. The number of nitrogens with zero attached hydrogens (tertiary/aromatic N) is 3. The van der Waals surface area contributed by atoms with E-state index in [1.807, 2.05) is 0 Å². The van der Waals surface area contributed by atoms with Crippen LogP contribution in [0.3, 0.4) is 0 Å². The average Bonchev–Trinajstić information content (AvgIpc) is 2.43. The molecule has 0 bridgehead atoms. The van der Waals surface area contributed by atoms with Crippen molar-refractivity contribution in [1.82, 2.24) is 13.9 Å². The SMILES string of the molecule is FSn1c(F)cc2c(Cl)ncnc21. The fourth-order valence-electron chi connectivity index (χ4n) is 0.996. The van der Waals surface area contributed by atoms with Crippen molar-refractivity contribution in [3.63, 3.8) is 0 Å². The highest BCUT2D eigenvalue weighted by molar-refractivity contribution is 7.92. The van der Waals surface area contributed by atoms with Gasteiger partial charge in [-0.2, -0.15) is 4.39 Å².